The van der Waals surface area contributed by atoms with E-state index in [9.17, 15) is 9.59 Å². The van der Waals surface area contributed by atoms with Gasteiger partial charge in [-0.3, -0.25) is 4.79 Å². The highest BCUT2D eigenvalue weighted by Gasteiger charge is 2.04. The highest BCUT2D eigenvalue weighted by molar-refractivity contribution is 5.89. The van der Waals surface area contributed by atoms with Crippen LogP contribution in [0.15, 0.2) is 76.5 Å². The maximum absolute atomic E-state index is 11.9. The molecular weight excluding hydrogens is 396 g/mol. The molecule has 158 valence electrons. The number of hydrazone groups is 1. The highest BCUT2D eigenvalue weighted by atomic mass is 16.5. The number of aryl methyl sites for hydroxylation is 2. The van der Waals surface area contributed by atoms with Gasteiger partial charge in [0.1, 0.15) is 17.3 Å². The Morgan fingerprint density at radius 1 is 1.03 bits per heavy atom. The molecule has 3 aromatic rings. The van der Waals surface area contributed by atoms with Crippen LogP contribution in [0.5, 0.6) is 11.5 Å². The Labute approximate surface area is 180 Å². The van der Waals surface area contributed by atoms with Crippen LogP contribution in [-0.4, -0.2) is 24.7 Å². The first kappa shape index (κ1) is 21.6. The number of benzene rings is 2. The second-order valence-electron chi connectivity index (χ2n) is 6.67. The normalized spacial score (nSPS) is 11.0. The van der Waals surface area contributed by atoms with Crippen LogP contribution in [0.1, 0.15) is 22.5 Å². The summed E-state index contributed by atoms with van der Waals surface area (Å²) >= 11 is 0. The van der Waals surface area contributed by atoms with Crippen LogP contribution in [0.4, 0.5) is 0 Å². The summed E-state index contributed by atoms with van der Waals surface area (Å²) in [5.41, 5.74) is 5.29. The van der Waals surface area contributed by atoms with Crippen molar-refractivity contribution in [2.24, 2.45) is 5.10 Å². The topological polar surface area (TPSA) is 90.1 Å². The van der Waals surface area contributed by atoms with Crippen LogP contribution >= 0.6 is 0 Å². The van der Waals surface area contributed by atoms with Crippen LogP contribution < -0.4 is 14.9 Å². The molecule has 7 nitrogen and oxygen atoms in total. The number of hydrogen-bond donors (Lipinski definition) is 1. The average Bonchev–Trinajstić information content (AvgIpc) is 3.27. The third-order valence-corrected chi connectivity index (χ3v) is 4.25. The zero-order valence-electron chi connectivity index (χ0n) is 17.2. The minimum atomic E-state index is -0.540. The summed E-state index contributed by atoms with van der Waals surface area (Å²) in [5.74, 6) is 0.595. The van der Waals surface area contributed by atoms with Gasteiger partial charge in [0.05, 0.1) is 12.5 Å². The zero-order chi connectivity index (χ0) is 22.1. The number of nitrogens with zero attached hydrogens (tertiary/aromatic N) is 1. The van der Waals surface area contributed by atoms with Gasteiger partial charge in [0.2, 0.25) is 0 Å². The molecule has 0 unspecified atom stereocenters. The number of nitrogens with one attached hydrogen (secondary N) is 1. The van der Waals surface area contributed by atoms with Crippen LogP contribution in [0.25, 0.3) is 6.08 Å². The molecule has 3 rings (SSSR count). The van der Waals surface area contributed by atoms with E-state index < -0.39 is 5.97 Å². The molecule has 2 aromatic carbocycles. The van der Waals surface area contributed by atoms with Crippen molar-refractivity contribution < 1.29 is 23.5 Å². The lowest BCUT2D eigenvalue weighted by Gasteiger charge is -2.07. The smallest absolute Gasteiger partial charge is 0.336 e. The molecule has 0 atom stereocenters. The van der Waals surface area contributed by atoms with Crippen LogP contribution in [0.2, 0.25) is 0 Å². The molecule has 1 amide bonds. The summed E-state index contributed by atoms with van der Waals surface area (Å²) in [6, 6.07) is 15.8. The number of furan rings is 1. The van der Waals surface area contributed by atoms with Gasteiger partial charge in [0.15, 0.2) is 6.61 Å². The number of amides is 1. The first-order valence-electron chi connectivity index (χ1n) is 9.55. The maximum Gasteiger partial charge on any atom is 0.336 e. The summed E-state index contributed by atoms with van der Waals surface area (Å²) in [4.78, 5) is 23.8. The van der Waals surface area contributed by atoms with Gasteiger partial charge in [-0.1, -0.05) is 18.2 Å². The molecule has 1 aromatic heterocycles. The predicted octanol–water partition coefficient (Wildman–Crippen LogP) is 4.04. The Balaban J connectivity index is 1.47. The Hall–Kier alpha value is -4.13. The van der Waals surface area contributed by atoms with Gasteiger partial charge in [-0.05, 0) is 73.0 Å². The number of carbonyl (C=O) groups is 2. The van der Waals surface area contributed by atoms with Gasteiger partial charge in [0.25, 0.3) is 5.91 Å². The standard InChI is InChI=1S/C24H22N2O5/c1-17-8-9-21(13-18(17)2)30-16-23(27)26-25-15-19-5-3-6-22(14-19)31-24(28)11-10-20-7-4-12-29-20/h3-15H,16H2,1-2H3,(H,26,27). The van der Waals surface area contributed by atoms with E-state index in [2.05, 4.69) is 10.5 Å². The first-order chi connectivity index (χ1) is 15.0. The molecule has 0 aliphatic heterocycles. The Morgan fingerprint density at radius 2 is 1.90 bits per heavy atom. The molecular formula is C24H22N2O5. The molecule has 1 heterocycles. The highest BCUT2D eigenvalue weighted by Crippen LogP contribution is 2.16. The minimum Gasteiger partial charge on any atom is -0.484 e. The van der Waals surface area contributed by atoms with Gasteiger partial charge < -0.3 is 13.9 Å². The van der Waals surface area contributed by atoms with Crippen molar-refractivity contribution in [3.63, 3.8) is 0 Å². The van der Waals surface area contributed by atoms with E-state index in [0.29, 0.717) is 22.8 Å². The Kier molecular flexibility index (Phi) is 7.37. The third kappa shape index (κ3) is 7.01. The van der Waals surface area contributed by atoms with Crippen molar-refractivity contribution in [3.8, 4) is 11.5 Å². The first-order valence-corrected chi connectivity index (χ1v) is 9.55. The van der Waals surface area contributed by atoms with Gasteiger partial charge in [-0.15, -0.1) is 0 Å². The van der Waals surface area contributed by atoms with Gasteiger partial charge in [0, 0.05) is 6.08 Å². The molecule has 0 radical (unpaired) electrons. The lowest BCUT2D eigenvalue weighted by Crippen LogP contribution is -2.24. The molecule has 0 aliphatic carbocycles. The van der Waals surface area contributed by atoms with Crippen molar-refractivity contribution in [3.05, 3.63) is 89.4 Å². The number of esters is 1. The number of carbonyl (C=O) groups excluding carboxylic acids is 2. The minimum absolute atomic E-state index is 0.153. The Morgan fingerprint density at radius 3 is 2.68 bits per heavy atom. The molecule has 7 heteroatoms. The molecule has 0 aliphatic rings. The van der Waals surface area contributed by atoms with Crippen molar-refractivity contribution in [2.75, 3.05) is 6.61 Å². The van der Waals surface area contributed by atoms with Crippen LogP contribution in [-0.2, 0) is 9.59 Å². The van der Waals surface area contributed by atoms with E-state index >= 15 is 0 Å². The van der Waals surface area contributed by atoms with Crippen LogP contribution in [0.3, 0.4) is 0 Å². The van der Waals surface area contributed by atoms with Gasteiger partial charge >= 0.3 is 5.97 Å². The maximum atomic E-state index is 11.9. The van der Waals surface area contributed by atoms with E-state index in [4.69, 9.17) is 13.9 Å². The quantitative estimate of drug-likeness (QED) is 0.196. The molecule has 0 spiro atoms. The summed E-state index contributed by atoms with van der Waals surface area (Å²) in [7, 11) is 0. The van der Waals surface area contributed by atoms with Crippen molar-refractivity contribution in [1.29, 1.82) is 0 Å². The molecule has 0 saturated carbocycles. The zero-order valence-corrected chi connectivity index (χ0v) is 17.2. The summed E-state index contributed by atoms with van der Waals surface area (Å²) in [5, 5.41) is 3.90. The van der Waals surface area contributed by atoms with Crippen molar-refractivity contribution in [1.82, 2.24) is 5.43 Å². The lowest BCUT2D eigenvalue weighted by atomic mass is 10.1. The second kappa shape index (κ2) is 10.6. The fraction of sp³-hybridized carbons (Fsp3) is 0.125. The molecule has 1 N–H and O–H groups in total. The van der Waals surface area contributed by atoms with E-state index in [1.54, 1.807) is 36.4 Å². The van der Waals surface area contributed by atoms with E-state index in [0.717, 1.165) is 11.1 Å². The second-order valence-corrected chi connectivity index (χ2v) is 6.67. The molecule has 0 saturated heterocycles. The van der Waals surface area contributed by atoms with Gasteiger partial charge in [-0.2, -0.15) is 5.10 Å². The number of ether oxygens (including phenoxy) is 2. The van der Waals surface area contributed by atoms with E-state index in [1.165, 1.54) is 24.6 Å². The van der Waals surface area contributed by atoms with Crippen LogP contribution in [0, 0.1) is 13.8 Å². The monoisotopic (exact) mass is 418 g/mol. The largest absolute Gasteiger partial charge is 0.484 e. The average molecular weight is 418 g/mol. The molecule has 31 heavy (non-hydrogen) atoms. The summed E-state index contributed by atoms with van der Waals surface area (Å²) in [6.45, 7) is 3.83. The lowest BCUT2D eigenvalue weighted by molar-refractivity contribution is -0.129. The van der Waals surface area contributed by atoms with Crippen molar-refractivity contribution in [2.45, 2.75) is 13.8 Å². The summed E-state index contributed by atoms with van der Waals surface area (Å²) in [6.07, 6.45) is 5.75. The fourth-order valence-electron chi connectivity index (χ4n) is 2.51. The Bertz CT molecular complexity index is 1100. The number of rotatable bonds is 8. The SMILES string of the molecule is Cc1ccc(OCC(=O)NN=Cc2cccc(OC(=O)C=Cc3ccco3)c2)cc1C. The van der Waals surface area contributed by atoms with Gasteiger partial charge in [-0.25, -0.2) is 10.2 Å². The third-order valence-electron chi connectivity index (χ3n) is 4.25. The van der Waals surface area contributed by atoms with E-state index in [1.807, 2.05) is 32.0 Å². The fourth-order valence-corrected chi connectivity index (χ4v) is 2.51. The summed E-state index contributed by atoms with van der Waals surface area (Å²) < 4.78 is 15.8. The van der Waals surface area contributed by atoms with Crippen molar-refractivity contribution >= 4 is 24.2 Å². The molecule has 0 bridgehead atoms. The predicted molar refractivity (Wildman–Crippen MR) is 117 cm³/mol. The number of hydrogen-bond acceptors (Lipinski definition) is 6. The van der Waals surface area contributed by atoms with E-state index in [-0.39, 0.29) is 12.5 Å². The molecule has 0 fully saturated rings.